The van der Waals surface area contributed by atoms with Gasteiger partial charge in [-0.3, -0.25) is 0 Å². The van der Waals surface area contributed by atoms with Gasteiger partial charge >= 0.3 is 59.4 Å². The van der Waals surface area contributed by atoms with Crippen molar-refractivity contribution in [3.05, 3.63) is 24.0 Å². The number of halogens is 11. The number of hydrogen-bond acceptors (Lipinski definition) is 2. The van der Waals surface area contributed by atoms with E-state index in [9.17, 15) is 48.3 Å². The Balaban J connectivity index is 0.00000676. The van der Waals surface area contributed by atoms with E-state index in [2.05, 4.69) is 14.5 Å². The van der Waals surface area contributed by atoms with E-state index >= 15 is 0 Å². The largest absolute Gasteiger partial charge is 1.00 e. The molecule has 0 unspecified atom stereocenters. The third-order valence-electron chi connectivity index (χ3n) is 3.42. The molecule has 15 heteroatoms. The molecule has 1 rings (SSSR count). The van der Waals surface area contributed by atoms with Gasteiger partial charge in [-0.1, -0.05) is 17.8 Å². The molecule has 1 aromatic rings. The minimum atomic E-state index is -7.57. The average molecular weight is 431 g/mol. The fraction of sp³-hybridized carbons (Fsp3) is 0.667. The van der Waals surface area contributed by atoms with E-state index in [-0.39, 0.29) is 43.8 Å². The van der Waals surface area contributed by atoms with Crippen LogP contribution in [0.1, 0.15) is 5.69 Å². The van der Waals surface area contributed by atoms with Crippen molar-refractivity contribution < 1.29 is 87.3 Å². The Hall–Kier alpha value is -0.570. The van der Waals surface area contributed by atoms with Crippen LogP contribution in [0.4, 0.5) is 48.3 Å². The normalized spacial score (nSPS) is 14.9. The van der Waals surface area contributed by atoms with E-state index in [1.807, 2.05) is 0 Å². The number of aromatic nitrogens is 1. The zero-order chi connectivity index (χ0) is 20.8. The second-order valence-electron chi connectivity index (χ2n) is 4.84. The van der Waals surface area contributed by atoms with Crippen LogP contribution in [-0.2, 0) is 15.3 Å². The molecule has 1 heterocycles. The summed E-state index contributed by atoms with van der Waals surface area (Å²) in [4.78, 5) is 3.09. The molecule has 0 aromatic carbocycles. The zero-order valence-corrected chi connectivity index (χ0v) is 15.7. The molecule has 0 aliphatic rings. The molecule has 1 aromatic heterocycles. The van der Waals surface area contributed by atoms with Gasteiger partial charge in [-0.05, 0) is 0 Å². The van der Waals surface area contributed by atoms with Gasteiger partial charge in [-0.15, -0.1) is 0 Å². The first-order valence-electron chi connectivity index (χ1n) is 6.24. The third kappa shape index (κ3) is 3.47. The minimum absolute atomic E-state index is 0. The molecule has 0 saturated carbocycles. The Morgan fingerprint density at radius 1 is 0.704 bits per heavy atom. The molecule has 0 amide bonds. The van der Waals surface area contributed by atoms with E-state index in [0.29, 0.717) is 12.3 Å². The van der Waals surface area contributed by atoms with Crippen molar-refractivity contribution in [2.24, 2.45) is 0 Å². The van der Waals surface area contributed by atoms with Crippen LogP contribution in [0.25, 0.3) is 0 Å². The van der Waals surface area contributed by atoms with Crippen molar-refractivity contribution in [2.45, 2.75) is 35.7 Å². The van der Waals surface area contributed by atoms with Crippen molar-refractivity contribution in [3.63, 3.8) is 0 Å². The first kappa shape index (κ1) is 26.4. The zero-order valence-electron chi connectivity index (χ0n) is 13.7. The van der Waals surface area contributed by atoms with Gasteiger partial charge in [-0.2, -0.15) is 54.5 Å². The van der Waals surface area contributed by atoms with Crippen molar-refractivity contribution in [2.75, 3.05) is 14.2 Å². The predicted molar refractivity (Wildman–Crippen MR) is 61.3 cm³/mol. The molecule has 0 radical (unpaired) electrons. The van der Waals surface area contributed by atoms with E-state index in [1.54, 1.807) is 0 Å². The molecule has 0 saturated heterocycles. The molecule has 0 aliphatic carbocycles. The number of rotatable bonds is 7. The molecule has 0 spiro atoms. The van der Waals surface area contributed by atoms with Crippen molar-refractivity contribution >= 4 is 0 Å². The number of methoxy groups -OCH3 is 2. The third-order valence-corrected chi connectivity index (χ3v) is 3.42. The first-order valence-corrected chi connectivity index (χ1v) is 6.24. The maximum absolute atomic E-state index is 14.3. The van der Waals surface area contributed by atoms with Crippen LogP contribution in [0.3, 0.4) is 0 Å². The second kappa shape index (κ2) is 7.69. The fourth-order valence-electron chi connectivity index (χ4n) is 1.98. The molecule has 0 bridgehead atoms. The van der Waals surface area contributed by atoms with Gasteiger partial charge in [0, 0.05) is 14.2 Å². The van der Waals surface area contributed by atoms with E-state index in [1.165, 1.54) is 0 Å². The molecule has 0 aliphatic heterocycles. The summed E-state index contributed by atoms with van der Waals surface area (Å²) in [6.45, 7) is 0. The molecule has 0 fully saturated rings. The molecule has 27 heavy (non-hydrogen) atoms. The number of nitrogens with zero attached hydrogens (tertiary/aromatic N) is 1. The van der Waals surface area contributed by atoms with Crippen LogP contribution in [0.2, 0.25) is 0 Å². The van der Waals surface area contributed by atoms with Crippen LogP contribution in [0.15, 0.2) is 18.3 Å². The van der Waals surface area contributed by atoms with Gasteiger partial charge in [0.15, 0.2) is 0 Å². The summed E-state index contributed by atoms with van der Waals surface area (Å²) < 4.78 is 153. The SMILES string of the molecule is COC(OC)(c1ccc[n-]1)C(F)(F)C(F)(F)C(F)(F)C(F)(F)C(F)(F)F.[Na+]. The summed E-state index contributed by atoms with van der Waals surface area (Å²) in [5.74, 6) is -33.0. The topological polar surface area (TPSA) is 32.6 Å². The van der Waals surface area contributed by atoms with Crippen LogP contribution in [0.5, 0.6) is 0 Å². The monoisotopic (exact) mass is 431 g/mol. The maximum Gasteiger partial charge on any atom is 1.00 e. The quantitative estimate of drug-likeness (QED) is 0.370. The molecular weight excluding hydrogens is 422 g/mol. The Bertz CT molecular complexity index is 611. The Morgan fingerprint density at radius 3 is 1.41 bits per heavy atom. The summed E-state index contributed by atoms with van der Waals surface area (Å²) >= 11 is 0. The second-order valence-corrected chi connectivity index (χ2v) is 4.84. The maximum atomic E-state index is 14.3. The molecule has 152 valence electrons. The van der Waals surface area contributed by atoms with E-state index in [4.69, 9.17) is 0 Å². The van der Waals surface area contributed by atoms with Crippen molar-refractivity contribution in [1.29, 1.82) is 0 Å². The summed E-state index contributed by atoms with van der Waals surface area (Å²) in [5, 5.41) is 0. The van der Waals surface area contributed by atoms with E-state index in [0.717, 1.165) is 6.07 Å². The predicted octanol–water partition coefficient (Wildman–Crippen LogP) is 1.20. The number of alkyl halides is 11. The summed E-state index contributed by atoms with van der Waals surface area (Å²) in [6, 6.07) is 1.37. The molecular formula is C12H9F11NNaO2. The number of hydrogen-bond donors (Lipinski definition) is 0. The minimum Gasteiger partial charge on any atom is -0.663 e. The molecule has 0 atom stereocenters. The van der Waals surface area contributed by atoms with Crippen LogP contribution < -0.4 is 34.5 Å². The van der Waals surface area contributed by atoms with Crippen LogP contribution >= 0.6 is 0 Å². The first-order chi connectivity index (χ1) is 11.5. The molecule has 0 N–H and O–H groups in total. The summed E-state index contributed by atoms with van der Waals surface area (Å²) in [6.07, 6.45) is -6.55. The van der Waals surface area contributed by atoms with Gasteiger partial charge in [0.2, 0.25) is 5.79 Å². The van der Waals surface area contributed by atoms with Gasteiger partial charge in [0.1, 0.15) is 0 Å². The van der Waals surface area contributed by atoms with Gasteiger partial charge in [-0.25, -0.2) is 0 Å². The summed E-state index contributed by atoms with van der Waals surface area (Å²) in [7, 11) is 0.504. The van der Waals surface area contributed by atoms with Crippen molar-refractivity contribution in [1.82, 2.24) is 4.98 Å². The smallest absolute Gasteiger partial charge is 0.663 e. The number of ether oxygens (including phenoxy) is 2. The van der Waals surface area contributed by atoms with Gasteiger partial charge in [0.25, 0.3) is 0 Å². The molecule has 3 nitrogen and oxygen atoms in total. The average Bonchev–Trinajstić information content (AvgIpc) is 3.01. The van der Waals surface area contributed by atoms with Crippen LogP contribution in [0, 0.1) is 0 Å². The van der Waals surface area contributed by atoms with Gasteiger partial charge in [0.05, 0.1) is 0 Å². The Labute approximate surface area is 166 Å². The van der Waals surface area contributed by atoms with Crippen molar-refractivity contribution in [3.8, 4) is 0 Å². The summed E-state index contributed by atoms with van der Waals surface area (Å²) in [5.41, 5.74) is -1.27. The van der Waals surface area contributed by atoms with Crippen LogP contribution in [-0.4, -0.2) is 44.1 Å². The fourth-order valence-corrected chi connectivity index (χ4v) is 1.98. The Morgan fingerprint density at radius 2 is 1.11 bits per heavy atom. The Kier molecular flexibility index (Phi) is 7.53. The van der Waals surface area contributed by atoms with E-state index < -0.39 is 41.3 Å². The van der Waals surface area contributed by atoms with Gasteiger partial charge < -0.3 is 14.5 Å². The standard InChI is InChI=1S/C12H9F11NO2.Na/c1-25-7(26-2,6-4-3-5-24-6)8(13,14)9(15,16)10(17,18)11(19,20)12(21,22)23;/h3-5H,1-2H3;/q-1;+1.